The zero-order valence-electron chi connectivity index (χ0n) is 11.6. The second-order valence-electron chi connectivity index (χ2n) is 5.54. The summed E-state index contributed by atoms with van der Waals surface area (Å²) < 4.78 is 0. The summed E-state index contributed by atoms with van der Waals surface area (Å²) in [6.07, 6.45) is 6.39. The largest absolute Gasteiger partial charge is 0.481 e. The van der Waals surface area contributed by atoms with Crippen molar-refractivity contribution in [1.82, 2.24) is 10.3 Å². The van der Waals surface area contributed by atoms with Gasteiger partial charge in [0.15, 0.2) is 0 Å². The Morgan fingerprint density at radius 1 is 1.35 bits per heavy atom. The highest BCUT2D eigenvalue weighted by atomic mass is 16.4. The highest BCUT2D eigenvalue weighted by molar-refractivity contribution is 5.85. The number of hydrogen-bond donors (Lipinski definition) is 2. The Morgan fingerprint density at radius 3 is 2.50 bits per heavy atom. The number of hydrogen-bond acceptors (Lipinski definition) is 3. The molecule has 0 radical (unpaired) electrons. The predicted octanol–water partition coefficient (Wildman–Crippen LogP) is 2.29. The van der Waals surface area contributed by atoms with E-state index in [-0.39, 0.29) is 18.4 Å². The van der Waals surface area contributed by atoms with Gasteiger partial charge in [-0.25, -0.2) is 0 Å². The van der Waals surface area contributed by atoms with Crippen LogP contribution >= 0.6 is 0 Å². The summed E-state index contributed by atoms with van der Waals surface area (Å²) in [7, 11) is 0. The number of carboxylic acids is 1. The Kier molecular flexibility index (Phi) is 4.37. The normalized spacial score (nSPS) is 18.4. The van der Waals surface area contributed by atoms with Crippen LogP contribution in [0.4, 0.5) is 0 Å². The lowest BCUT2D eigenvalue weighted by molar-refractivity contribution is -0.151. The van der Waals surface area contributed by atoms with Gasteiger partial charge in [0.05, 0.1) is 11.5 Å². The van der Waals surface area contributed by atoms with Gasteiger partial charge in [-0.1, -0.05) is 12.8 Å². The fourth-order valence-electron chi connectivity index (χ4n) is 2.85. The Hall–Kier alpha value is -1.91. The number of carbonyl (C=O) groups is 2. The average molecular weight is 276 g/mol. The van der Waals surface area contributed by atoms with Crippen LogP contribution in [0, 0.1) is 5.41 Å². The molecule has 5 heteroatoms. The van der Waals surface area contributed by atoms with Gasteiger partial charge >= 0.3 is 5.97 Å². The van der Waals surface area contributed by atoms with E-state index in [2.05, 4.69) is 10.3 Å². The number of nitrogens with zero attached hydrogens (tertiary/aromatic N) is 1. The van der Waals surface area contributed by atoms with Crippen LogP contribution in [-0.4, -0.2) is 22.0 Å². The van der Waals surface area contributed by atoms with Gasteiger partial charge in [0.25, 0.3) is 0 Å². The summed E-state index contributed by atoms with van der Waals surface area (Å²) in [5.41, 5.74) is 0.103. The Balaban J connectivity index is 1.97. The minimum absolute atomic E-state index is 0.0672. The smallest absolute Gasteiger partial charge is 0.310 e. The standard InChI is InChI=1S/C15H20N2O3/c1-11(12-4-8-16-9-5-12)17-13(18)10-15(14(19)20)6-2-3-7-15/h4-5,8-9,11H,2-3,6-7,10H2,1H3,(H,17,18)(H,19,20)/t11-/m0/s1. The number of amides is 1. The molecule has 2 N–H and O–H groups in total. The molecule has 1 aromatic rings. The average Bonchev–Trinajstić information content (AvgIpc) is 2.89. The number of carbonyl (C=O) groups excluding carboxylic acids is 1. The summed E-state index contributed by atoms with van der Waals surface area (Å²) in [6, 6.07) is 3.54. The van der Waals surface area contributed by atoms with Crippen LogP contribution in [0.1, 0.15) is 50.6 Å². The van der Waals surface area contributed by atoms with Crippen LogP contribution in [-0.2, 0) is 9.59 Å². The van der Waals surface area contributed by atoms with Crippen molar-refractivity contribution in [1.29, 1.82) is 0 Å². The van der Waals surface area contributed by atoms with E-state index in [1.807, 2.05) is 19.1 Å². The molecule has 1 heterocycles. The first-order chi connectivity index (χ1) is 9.53. The van der Waals surface area contributed by atoms with Gasteiger partial charge in [-0.05, 0) is 37.5 Å². The predicted molar refractivity (Wildman–Crippen MR) is 73.9 cm³/mol. The second kappa shape index (κ2) is 6.03. The van der Waals surface area contributed by atoms with Crippen molar-refractivity contribution in [3.63, 3.8) is 0 Å². The Bertz CT molecular complexity index is 481. The van der Waals surface area contributed by atoms with Crippen LogP contribution in [0.25, 0.3) is 0 Å². The van der Waals surface area contributed by atoms with Gasteiger partial charge in [0, 0.05) is 18.8 Å². The number of aliphatic carboxylic acids is 1. The molecule has 20 heavy (non-hydrogen) atoms. The van der Waals surface area contributed by atoms with E-state index in [0.717, 1.165) is 18.4 Å². The first kappa shape index (κ1) is 14.5. The lowest BCUT2D eigenvalue weighted by atomic mass is 9.82. The molecule has 0 aliphatic heterocycles. The maximum Gasteiger partial charge on any atom is 0.310 e. The minimum Gasteiger partial charge on any atom is -0.481 e. The van der Waals surface area contributed by atoms with E-state index in [1.54, 1.807) is 12.4 Å². The van der Waals surface area contributed by atoms with Gasteiger partial charge in [-0.3, -0.25) is 14.6 Å². The van der Waals surface area contributed by atoms with Crippen molar-refractivity contribution >= 4 is 11.9 Å². The number of pyridine rings is 1. The molecule has 0 spiro atoms. The van der Waals surface area contributed by atoms with E-state index in [9.17, 15) is 14.7 Å². The maximum atomic E-state index is 12.1. The van der Waals surface area contributed by atoms with Crippen LogP contribution < -0.4 is 5.32 Å². The van der Waals surface area contributed by atoms with E-state index < -0.39 is 11.4 Å². The summed E-state index contributed by atoms with van der Waals surface area (Å²) in [5.74, 6) is -1.04. The molecule has 0 bridgehead atoms. The maximum absolute atomic E-state index is 12.1. The molecule has 1 atom stereocenters. The van der Waals surface area contributed by atoms with Crippen LogP contribution in [0.5, 0.6) is 0 Å². The van der Waals surface area contributed by atoms with Gasteiger partial charge < -0.3 is 10.4 Å². The van der Waals surface area contributed by atoms with E-state index in [0.29, 0.717) is 12.8 Å². The molecule has 0 saturated heterocycles. The molecule has 0 unspecified atom stereocenters. The van der Waals surface area contributed by atoms with Crippen molar-refractivity contribution in [2.75, 3.05) is 0 Å². The van der Waals surface area contributed by atoms with Crippen molar-refractivity contribution < 1.29 is 14.7 Å². The molecule has 5 nitrogen and oxygen atoms in total. The molecule has 1 saturated carbocycles. The molecular weight excluding hydrogens is 256 g/mol. The lowest BCUT2D eigenvalue weighted by Crippen LogP contribution is -2.36. The van der Waals surface area contributed by atoms with Gasteiger partial charge in [0.2, 0.25) is 5.91 Å². The van der Waals surface area contributed by atoms with Crippen LogP contribution in [0.3, 0.4) is 0 Å². The fourth-order valence-corrected chi connectivity index (χ4v) is 2.85. The van der Waals surface area contributed by atoms with Gasteiger partial charge in [-0.15, -0.1) is 0 Å². The summed E-state index contributed by atoms with van der Waals surface area (Å²) in [6.45, 7) is 1.88. The third-order valence-corrected chi connectivity index (χ3v) is 4.10. The lowest BCUT2D eigenvalue weighted by Gasteiger charge is -2.24. The van der Waals surface area contributed by atoms with Crippen molar-refractivity contribution in [3.05, 3.63) is 30.1 Å². The molecule has 2 rings (SSSR count). The molecule has 108 valence electrons. The van der Waals surface area contributed by atoms with Crippen LogP contribution in [0.2, 0.25) is 0 Å². The Labute approximate surface area is 118 Å². The quantitative estimate of drug-likeness (QED) is 0.864. The molecule has 1 aliphatic rings. The first-order valence-corrected chi connectivity index (χ1v) is 6.96. The molecular formula is C15H20N2O3. The minimum atomic E-state index is -0.859. The highest BCUT2D eigenvalue weighted by Gasteiger charge is 2.43. The number of aromatic nitrogens is 1. The molecule has 0 aromatic carbocycles. The SMILES string of the molecule is C[C@H](NC(=O)CC1(C(=O)O)CCCC1)c1ccncc1. The summed E-state index contributed by atoms with van der Waals surface area (Å²) in [5, 5.41) is 12.2. The number of carboxylic acid groups (broad SMARTS) is 1. The Morgan fingerprint density at radius 2 is 1.95 bits per heavy atom. The molecule has 1 aromatic heterocycles. The fraction of sp³-hybridized carbons (Fsp3) is 0.533. The topological polar surface area (TPSA) is 79.3 Å². The van der Waals surface area contributed by atoms with Gasteiger partial charge in [-0.2, -0.15) is 0 Å². The van der Waals surface area contributed by atoms with Gasteiger partial charge in [0.1, 0.15) is 0 Å². The third-order valence-electron chi connectivity index (χ3n) is 4.10. The molecule has 1 amide bonds. The second-order valence-corrected chi connectivity index (χ2v) is 5.54. The monoisotopic (exact) mass is 276 g/mol. The molecule has 1 fully saturated rings. The summed E-state index contributed by atoms with van der Waals surface area (Å²) in [4.78, 5) is 27.5. The number of nitrogens with one attached hydrogen (secondary N) is 1. The highest BCUT2D eigenvalue weighted by Crippen LogP contribution is 2.41. The molecule has 1 aliphatic carbocycles. The zero-order chi connectivity index (χ0) is 14.6. The van der Waals surface area contributed by atoms with Crippen LogP contribution in [0.15, 0.2) is 24.5 Å². The van der Waals surface area contributed by atoms with E-state index in [1.165, 1.54) is 0 Å². The zero-order valence-corrected chi connectivity index (χ0v) is 11.6. The van der Waals surface area contributed by atoms with Crippen molar-refractivity contribution in [2.24, 2.45) is 5.41 Å². The van der Waals surface area contributed by atoms with Crippen molar-refractivity contribution in [2.45, 2.75) is 45.1 Å². The number of rotatable bonds is 5. The van der Waals surface area contributed by atoms with E-state index in [4.69, 9.17) is 0 Å². The summed E-state index contributed by atoms with van der Waals surface area (Å²) >= 11 is 0. The van der Waals surface area contributed by atoms with Crippen molar-refractivity contribution in [3.8, 4) is 0 Å². The van der Waals surface area contributed by atoms with E-state index >= 15 is 0 Å². The third kappa shape index (κ3) is 3.15. The first-order valence-electron chi connectivity index (χ1n) is 6.96.